The van der Waals surface area contributed by atoms with E-state index in [4.69, 9.17) is 0 Å². The van der Waals surface area contributed by atoms with Gasteiger partial charge in [-0.2, -0.15) is 0 Å². The van der Waals surface area contributed by atoms with E-state index in [1.807, 2.05) is 19.1 Å². The Labute approximate surface area is 120 Å². The van der Waals surface area contributed by atoms with E-state index in [0.717, 1.165) is 5.56 Å². The first-order valence-corrected chi connectivity index (χ1v) is 6.30. The molecular formula is C15H11N3O3. The minimum atomic E-state index is -0.493. The van der Waals surface area contributed by atoms with Crippen LogP contribution in [0, 0.1) is 17.0 Å². The van der Waals surface area contributed by atoms with Gasteiger partial charge >= 0.3 is 0 Å². The maximum absolute atomic E-state index is 12.0. The second kappa shape index (κ2) is 4.82. The number of benzene rings is 2. The van der Waals surface area contributed by atoms with Gasteiger partial charge in [-0.15, -0.1) is 0 Å². The molecule has 0 unspecified atom stereocenters. The summed E-state index contributed by atoms with van der Waals surface area (Å²) >= 11 is 0. The average Bonchev–Trinajstić information content (AvgIpc) is 2.77. The van der Waals surface area contributed by atoms with Gasteiger partial charge < -0.3 is 5.32 Å². The molecule has 1 aliphatic rings. The molecule has 6 heteroatoms. The Balaban J connectivity index is 2.09. The van der Waals surface area contributed by atoms with Crippen LogP contribution in [0.25, 0.3) is 0 Å². The summed E-state index contributed by atoms with van der Waals surface area (Å²) in [6.07, 6.45) is 0. The number of fused-ring (bicyclic) bond motifs is 1. The molecule has 0 radical (unpaired) electrons. The number of nitro groups is 1. The second-order valence-electron chi connectivity index (χ2n) is 4.74. The normalized spacial score (nSPS) is 14.9. The zero-order valence-corrected chi connectivity index (χ0v) is 11.2. The number of aliphatic imine (C=N–C) groups is 1. The minimum Gasteiger partial charge on any atom is -0.320 e. The van der Waals surface area contributed by atoms with E-state index in [1.165, 1.54) is 18.2 Å². The van der Waals surface area contributed by atoms with Gasteiger partial charge in [-0.1, -0.05) is 17.7 Å². The van der Waals surface area contributed by atoms with E-state index in [0.29, 0.717) is 16.9 Å². The van der Waals surface area contributed by atoms with Gasteiger partial charge in [0.25, 0.3) is 11.6 Å². The fraction of sp³-hybridized carbons (Fsp3) is 0.0667. The maximum atomic E-state index is 12.0. The fourth-order valence-electron chi connectivity index (χ4n) is 2.11. The van der Waals surface area contributed by atoms with Crippen molar-refractivity contribution < 1.29 is 9.72 Å². The Morgan fingerprint density at radius 2 is 1.86 bits per heavy atom. The lowest BCUT2D eigenvalue weighted by Crippen LogP contribution is -2.13. The lowest BCUT2D eigenvalue weighted by atomic mass is 10.1. The molecule has 1 heterocycles. The molecule has 0 fully saturated rings. The van der Waals surface area contributed by atoms with Crippen molar-refractivity contribution in [2.24, 2.45) is 4.99 Å². The molecule has 1 aliphatic heterocycles. The van der Waals surface area contributed by atoms with E-state index in [-0.39, 0.29) is 17.3 Å². The third kappa shape index (κ3) is 2.38. The molecule has 0 saturated carbocycles. The number of nitro benzene ring substituents is 1. The van der Waals surface area contributed by atoms with Crippen molar-refractivity contribution in [3.63, 3.8) is 0 Å². The minimum absolute atomic E-state index is 0.0677. The topological polar surface area (TPSA) is 84.6 Å². The summed E-state index contributed by atoms with van der Waals surface area (Å²) in [4.78, 5) is 26.6. The van der Waals surface area contributed by atoms with Gasteiger partial charge in [-0.05, 0) is 25.1 Å². The lowest BCUT2D eigenvalue weighted by Gasteiger charge is -1.99. The molecular weight excluding hydrogens is 270 g/mol. The van der Waals surface area contributed by atoms with Gasteiger partial charge in [-0.3, -0.25) is 14.9 Å². The van der Waals surface area contributed by atoms with Crippen LogP contribution in [-0.2, 0) is 4.79 Å². The largest absolute Gasteiger partial charge is 0.320 e. The van der Waals surface area contributed by atoms with Crippen LogP contribution in [0.2, 0.25) is 0 Å². The van der Waals surface area contributed by atoms with Crippen LogP contribution in [0.3, 0.4) is 0 Å². The van der Waals surface area contributed by atoms with E-state index in [9.17, 15) is 14.9 Å². The number of aryl methyl sites for hydroxylation is 1. The fourth-order valence-corrected chi connectivity index (χ4v) is 2.11. The Kier molecular flexibility index (Phi) is 2.98. The van der Waals surface area contributed by atoms with Gasteiger partial charge in [-0.25, -0.2) is 4.99 Å². The highest BCUT2D eigenvalue weighted by Gasteiger charge is 2.28. The first-order valence-electron chi connectivity index (χ1n) is 6.30. The van der Waals surface area contributed by atoms with Crippen LogP contribution < -0.4 is 5.32 Å². The monoisotopic (exact) mass is 281 g/mol. The van der Waals surface area contributed by atoms with E-state index in [2.05, 4.69) is 10.3 Å². The van der Waals surface area contributed by atoms with E-state index < -0.39 is 4.92 Å². The highest BCUT2D eigenvalue weighted by molar-refractivity contribution is 6.54. The highest BCUT2D eigenvalue weighted by atomic mass is 16.6. The van der Waals surface area contributed by atoms with Crippen LogP contribution >= 0.6 is 0 Å². The number of hydrogen-bond donors (Lipinski definition) is 1. The predicted molar refractivity (Wildman–Crippen MR) is 79.1 cm³/mol. The predicted octanol–water partition coefficient (Wildman–Crippen LogP) is 2.98. The maximum Gasteiger partial charge on any atom is 0.275 e. The Bertz CT molecular complexity index is 779. The number of carbonyl (C=O) groups excluding carboxylic acids is 1. The zero-order valence-electron chi connectivity index (χ0n) is 11.2. The number of nitrogens with zero attached hydrogens (tertiary/aromatic N) is 2. The summed E-state index contributed by atoms with van der Waals surface area (Å²) in [6.45, 7) is 1.96. The summed E-state index contributed by atoms with van der Waals surface area (Å²) < 4.78 is 0. The number of nitrogens with one attached hydrogen (secondary N) is 1. The first-order chi connectivity index (χ1) is 10.0. The molecule has 6 nitrogen and oxygen atoms in total. The summed E-state index contributed by atoms with van der Waals surface area (Å²) in [5.74, 6) is -0.355. The van der Waals surface area contributed by atoms with Crippen LogP contribution in [-0.4, -0.2) is 16.5 Å². The zero-order chi connectivity index (χ0) is 15.0. The third-order valence-electron chi connectivity index (χ3n) is 3.21. The SMILES string of the molecule is Cc1ccc(N=C2C(=O)Nc3ccc([N+](=O)[O-])cc32)cc1. The molecule has 21 heavy (non-hydrogen) atoms. The van der Waals surface area contributed by atoms with Crippen molar-refractivity contribution in [2.45, 2.75) is 6.92 Å². The molecule has 0 saturated heterocycles. The highest BCUT2D eigenvalue weighted by Crippen LogP contribution is 2.29. The van der Waals surface area contributed by atoms with Crippen molar-refractivity contribution in [3.05, 3.63) is 63.7 Å². The Morgan fingerprint density at radius 3 is 2.52 bits per heavy atom. The van der Waals surface area contributed by atoms with Gasteiger partial charge in [0.2, 0.25) is 0 Å². The quantitative estimate of drug-likeness (QED) is 0.678. The molecule has 0 bridgehead atoms. The Hall–Kier alpha value is -3.02. The van der Waals surface area contributed by atoms with Crippen molar-refractivity contribution in [2.75, 3.05) is 5.32 Å². The molecule has 0 atom stereocenters. The second-order valence-corrected chi connectivity index (χ2v) is 4.74. The van der Waals surface area contributed by atoms with Gasteiger partial charge in [0.15, 0.2) is 0 Å². The smallest absolute Gasteiger partial charge is 0.275 e. The number of carbonyl (C=O) groups is 1. The van der Waals surface area contributed by atoms with Crippen molar-refractivity contribution >= 4 is 28.7 Å². The number of non-ortho nitro benzene ring substituents is 1. The van der Waals surface area contributed by atoms with Crippen LogP contribution in [0.5, 0.6) is 0 Å². The van der Waals surface area contributed by atoms with Crippen LogP contribution in [0.4, 0.5) is 17.1 Å². The average molecular weight is 281 g/mol. The summed E-state index contributed by atoms with van der Waals surface area (Å²) in [5, 5.41) is 13.5. The molecule has 2 aromatic rings. The molecule has 0 aromatic heterocycles. The molecule has 104 valence electrons. The molecule has 1 N–H and O–H groups in total. The van der Waals surface area contributed by atoms with Crippen molar-refractivity contribution in [1.29, 1.82) is 0 Å². The van der Waals surface area contributed by atoms with Gasteiger partial charge in [0, 0.05) is 17.7 Å². The van der Waals surface area contributed by atoms with Gasteiger partial charge in [0.1, 0.15) is 5.71 Å². The summed E-state index contributed by atoms with van der Waals surface area (Å²) in [6, 6.07) is 11.6. The van der Waals surface area contributed by atoms with Crippen molar-refractivity contribution in [1.82, 2.24) is 0 Å². The van der Waals surface area contributed by atoms with E-state index >= 15 is 0 Å². The van der Waals surface area contributed by atoms with Crippen molar-refractivity contribution in [3.8, 4) is 0 Å². The lowest BCUT2D eigenvalue weighted by molar-refractivity contribution is -0.384. The number of hydrogen-bond acceptors (Lipinski definition) is 4. The summed E-state index contributed by atoms with van der Waals surface area (Å²) in [5.41, 5.74) is 2.83. The number of amides is 1. The third-order valence-corrected chi connectivity index (χ3v) is 3.21. The first kappa shape index (κ1) is 13.0. The summed E-state index contributed by atoms with van der Waals surface area (Å²) in [7, 11) is 0. The Morgan fingerprint density at radius 1 is 1.14 bits per heavy atom. The molecule has 3 rings (SSSR count). The molecule has 0 spiro atoms. The molecule has 1 amide bonds. The van der Waals surface area contributed by atoms with Crippen LogP contribution in [0.15, 0.2) is 47.5 Å². The van der Waals surface area contributed by atoms with Crippen LogP contribution in [0.1, 0.15) is 11.1 Å². The number of rotatable bonds is 2. The molecule has 2 aromatic carbocycles. The van der Waals surface area contributed by atoms with Gasteiger partial charge in [0.05, 0.1) is 16.3 Å². The molecule has 0 aliphatic carbocycles. The van der Waals surface area contributed by atoms with E-state index in [1.54, 1.807) is 12.1 Å². The number of anilines is 1. The standard InChI is InChI=1S/C15H11N3O3/c1-9-2-4-10(5-3-9)16-14-12-8-11(18(20)21)6-7-13(12)17-15(14)19/h2-8H,1H3,(H,16,17,19).